The van der Waals surface area contributed by atoms with Crippen molar-refractivity contribution >= 4 is 11.7 Å². The average Bonchev–Trinajstić information content (AvgIpc) is 3.09. The molecule has 1 heterocycles. The van der Waals surface area contributed by atoms with Crippen LogP contribution < -0.4 is 11.1 Å². The van der Waals surface area contributed by atoms with Gasteiger partial charge in [0.2, 0.25) is 5.91 Å². The summed E-state index contributed by atoms with van der Waals surface area (Å²) >= 11 is 0. The van der Waals surface area contributed by atoms with E-state index >= 15 is 0 Å². The van der Waals surface area contributed by atoms with E-state index in [1.165, 1.54) is 11.0 Å². The Morgan fingerprint density at radius 3 is 2.86 bits per heavy atom. The lowest BCUT2D eigenvalue weighted by Gasteiger charge is -2.21. The maximum atomic E-state index is 12.4. The van der Waals surface area contributed by atoms with Gasteiger partial charge in [0.25, 0.3) is 0 Å². The van der Waals surface area contributed by atoms with Gasteiger partial charge in [-0.15, -0.1) is 5.10 Å². The number of carbonyl (C=O) groups is 1. The molecule has 2 rings (SSSR count). The number of hydrogen-bond acceptors (Lipinski definition) is 5. The van der Waals surface area contributed by atoms with Crippen LogP contribution >= 0.6 is 0 Å². The third-order valence-corrected chi connectivity index (χ3v) is 3.74. The Morgan fingerprint density at radius 1 is 1.67 bits per heavy atom. The predicted molar refractivity (Wildman–Crippen MR) is 77.0 cm³/mol. The summed E-state index contributed by atoms with van der Waals surface area (Å²) in [5, 5.41) is 14.6. The number of anilines is 1. The van der Waals surface area contributed by atoms with Crippen molar-refractivity contribution < 1.29 is 4.79 Å². The summed E-state index contributed by atoms with van der Waals surface area (Å²) in [5.74, 6) is 0.173. The Morgan fingerprint density at radius 2 is 2.38 bits per heavy atom. The van der Waals surface area contributed by atoms with Gasteiger partial charge in [-0.2, -0.15) is 9.90 Å². The van der Waals surface area contributed by atoms with Gasteiger partial charge in [0.05, 0.1) is 6.20 Å². The largest absolute Gasteiger partial charge is 0.381 e. The zero-order valence-corrected chi connectivity index (χ0v) is 12.2. The molecular weight excluding hydrogens is 272 g/mol. The fourth-order valence-electron chi connectivity index (χ4n) is 2.22. The molecule has 1 fully saturated rings. The maximum Gasteiger partial charge on any atom is 0.247 e. The molecule has 21 heavy (non-hydrogen) atoms. The van der Waals surface area contributed by atoms with Gasteiger partial charge in [0, 0.05) is 18.0 Å². The summed E-state index contributed by atoms with van der Waals surface area (Å²) in [7, 11) is 0. The number of nitrogens with one attached hydrogen (secondary N) is 1. The third kappa shape index (κ3) is 3.63. The lowest BCUT2D eigenvalue weighted by molar-refractivity contribution is -0.126. The summed E-state index contributed by atoms with van der Waals surface area (Å²) in [4.78, 5) is 16.5. The van der Waals surface area contributed by atoms with Crippen molar-refractivity contribution in [1.82, 2.24) is 20.3 Å². The van der Waals surface area contributed by atoms with Crippen molar-refractivity contribution in [2.75, 3.05) is 18.8 Å². The zero-order chi connectivity index (χ0) is 15.5. The van der Waals surface area contributed by atoms with Gasteiger partial charge in [-0.25, -0.2) is 0 Å². The number of carbonyl (C=O) groups excluding carboxylic acids is 1. The third-order valence-electron chi connectivity index (χ3n) is 3.74. The van der Waals surface area contributed by atoms with Crippen molar-refractivity contribution in [2.24, 2.45) is 16.4 Å². The second kappa shape index (κ2) is 6.01. The first-order chi connectivity index (χ1) is 9.97. The van der Waals surface area contributed by atoms with Crippen LogP contribution in [0.25, 0.3) is 10.4 Å². The van der Waals surface area contributed by atoms with Crippen molar-refractivity contribution in [3.63, 3.8) is 0 Å². The second-order valence-electron chi connectivity index (χ2n) is 5.89. The number of nitrogen functional groups attached to an aromatic ring is 1. The highest BCUT2D eigenvalue weighted by Gasteiger charge is 2.42. The number of hydrogen-bond donors (Lipinski definition) is 2. The average molecular weight is 292 g/mol. The Kier molecular flexibility index (Phi) is 4.32. The van der Waals surface area contributed by atoms with Crippen LogP contribution in [0.5, 0.6) is 0 Å². The van der Waals surface area contributed by atoms with Crippen LogP contribution in [0.15, 0.2) is 11.3 Å². The number of azide groups is 1. The minimum Gasteiger partial charge on any atom is -0.381 e. The van der Waals surface area contributed by atoms with E-state index in [9.17, 15) is 4.79 Å². The molecule has 9 nitrogen and oxygen atoms in total. The summed E-state index contributed by atoms with van der Waals surface area (Å²) in [6.07, 6.45) is 3.35. The molecule has 1 atom stereocenters. The minimum atomic E-state index is -0.502. The number of aromatic nitrogens is 3. The van der Waals surface area contributed by atoms with Gasteiger partial charge in [-0.05, 0) is 29.7 Å². The first-order valence-corrected chi connectivity index (χ1v) is 6.93. The highest BCUT2D eigenvalue weighted by atomic mass is 16.2. The van der Waals surface area contributed by atoms with E-state index < -0.39 is 6.04 Å². The first kappa shape index (κ1) is 15.1. The highest BCUT2D eigenvalue weighted by Crippen LogP contribution is 2.45. The molecule has 0 spiro atoms. The fraction of sp³-hybridized carbons (Fsp3) is 0.750. The molecular formula is C12H20N8O. The molecule has 114 valence electrons. The van der Waals surface area contributed by atoms with E-state index in [0.717, 1.165) is 12.8 Å². The smallest absolute Gasteiger partial charge is 0.247 e. The van der Waals surface area contributed by atoms with Crippen molar-refractivity contribution in [1.29, 1.82) is 0 Å². The SMILES string of the molecule is CC(C)C(C(=O)NCC1(CN=[N+]=[N-])CC1)n1ncc(N)n1. The predicted octanol–water partition coefficient (Wildman–Crippen LogP) is 1.26. The lowest BCUT2D eigenvalue weighted by atomic mass is 10.0. The molecule has 0 aromatic carbocycles. The van der Waals surface area contributed by atoms with Crippen molar-refractivity contribution in [3.05, 3.63) is 16.6 Å². The molecule has 1 aromatic heterocycles. The quantitative estimate of drug-likeness (QED) is 0.444. The normalized spacial score (nSPS) is 17.1. The Labute approximate surface area is 122 Å². The van der Waals surface area contributed by atoms with E-state index in [1.807, 2.05) is 13.8 Å². The lowest BCUT2D eigenvalue weighted by Crippen LogP contribution is -2.39. The molecule has 0 saturated heterocycles. The molecule has 1 aliphatic rings. The molecule has 1 saturated carbocycles. The van der Waals surface area contributed by atoms with Gasteiger partial charge in [0.15, 0.2) is 11.9 Å². The molecule has 0 aliphatic heterocycles. The second-order valence-corrected chi connectivity index (χ2v) is 5.89. The number of amides is 1. The van der Waals surface area contributed by atoms with E-state index in [0.29, 0.717) is 13.1 Å². The zero-order valence-electron chi connectivity index (χ0n) is 12.2. The molecule has 1 unspecified atom stereocenters. The summed E-state index contributed by atoms with van der Waals surface area (Å²) < 4.78 is 0. The van der Waals surface area contributed by atoms with Crippen molar-refractivity contribution in [3.8, 4) is 0 Å². The summed E-state index contributed by atoms with van der Waals surface area (Å²) in [5.41, 5.74) is 13.9. The van der Waals surface area contributed by atoms with Gasteiger partial charge < -0.3 is 11.1 Å². The molecule has 0 radical (unpaired) electrons. The number of rotatable bonds is 7. The van der Waals surface area contributed by atoms with Gasteiger partial charge in [-0.1, -0.05) is 19.0 Å². The summed E-state index contributed by atoms with van der Waals surface area (Å²) in [6, 6.07) is -0.502. The Hall–Kier alpha value is -2.28. The maximum absolute atomic E-state index is 12.4. The Balaban J connectivity index is 1.98. The molecule has 9 heteroatoms. The van der Waals surface area contributed by atoms with Gasteiger partial charge in [0.1, 0.15) is 0 Å². The fourth-order valence-corrected chi connectivity index (χ4v) is 2.22. The van der Waals surface area contributed by atoms with Crippen LogP contribution in [0, 0.1) is 11.3 Å². The Bertz CT molecular complexity index is 555. The van der Waals surface area contributed by atoms with Crippen LogP contribution in [-0.2, 0) is 4.79 Å². The van der Waals surface area contributed by atoms with Crippen LogP contribution in [0.4, 0.5) is 5.82 Å². The number of nitrogens with two attached hydrogens (primary N) is 1. The van der Waals surface area contributed by atoms with Crippen molar-refractivity contribution in [2.45, 2.75) is 32.7 Å². The van der Waals surface area contributed by atoms with Crippen LogP contribution in [0.1, 0.15) is 32.7 Å². The van der Waals surface area contributed by atoms with Gasteiger partial charge >= 0.3 is 0 Å². The molecule has 1 amide bonds. The molecule has 1 aromatic rings. The summed E-state index contributed by atoms with van der Waals surface area (Å²) in [6.45, 7) is 4.78. The van der Waals surface area contributed by atoms with Crippen LogP contribution in [0.3, 0.4) is 0 Å². The topological polar surface area (TPSA) is 135 Å². The monoisotopic (exact) mass is 292 g/mol. The molecule has 1 aliphatic carbocycles. The minimum absolute atomic E-state index is 0.0316. The molecule has 0 bridgehead atoms. The first-order valence-electron chi connectivity index (χ1n) is 6.93. The number of nitrogens with zero attached hydrogens (tertiary/aromatic N) is 6. The van der Waals surface area contributed by atoms with Crippen LogP contribution in [-0.4, -0.2) is 34.0 Å². The molecule has 3 N–H and O–H groups in total. The van der Waals surface area contributed by atoms with E-state index in [1.54, 1.807) is 0 Å². The standard InChI is InChI=1S/C12H20N8O/c1-8(2)10(20-17-5-9(13)18-20)11(21)15-6-12(3-4-12)7-16-19-14/h5,8,10H,3-4,6-7H2,1-2H3,(H2,13,18)(H,15,21). The highest BCUT2D eigenvalue weighted by molar-refractivity contribution is 5.80. The van der Waals surface area contributed by atoms with Gasteiger partial charge in [-0.3, -0.25) is 4.79 Å². The van der Waals surface area contributed by atoms with Crippen LogP contribution in [0.2, 0.25) is 0 Å². The van der Waals surface area contributed by atoms with E-state index in [2.05, 4.69) is 25.5 Å². The van der Waals surface area contributed by atoms with E-state index in [-0.39, 0.29) is 23.1 Å². The van der Waals surface area contributed by atoms with E-state index in [4.69, 9.17) is 11.3 Å².